The van der Waals surface area contributed by atoms with Gasteiger partial charge < -0.3 is 15.2 Å². The summed E-state index contributed by atoms with van der Waals surface area (Å²) in [5.41, 5.74) is 7.22. The minimum absolute atomic E-state index is 0.221. The smallest absolute Gasteiger partial charge is 0.122 e. The first-order valence-corrected chi connectivity index (χ1v) is 7.27. The zero-order valence-electron chi connectivity index (χ0n) is 12.9. The number of nitrogens with two attached hydrogens (primary N) is 1. The first kappa shape index (κ1) is 15.1. The van der Waals surface area contributed by atoms with Gasteiger partial charge in [0, 0.05) is 31.2 Å². The van der Waals surface area contributed by atoms with E-state index in [1.807, 2.05) is 6.07 Å². The van der Waals surface area contributed by atoms with Gasteiger partial charge in [-0.1, -0.05) is 6.92 Å². The molecule has 1 aliphatic heterocycles. The Morgan fingerprint density at radius 2 is 1.80 bits per heavy atom. The number of benzene rings is 1. The van der Waals surface area contributed by atoms with Crippen LogP contribution in [-0.4, -0.2) is 38.3 Å². The van der Waals surface area contributed by atoms with Crippen LogP contribution in [0.3, 0.4) is 0 Å². The standard InChI is InChI=1S/C16H26N2O2/c1-11-5-12(2)18(10-11)16(9-17)13-6-14(19-3)8-15(7-13)20-4/h6-8,11-12,16H,5,9-10,17H2,1-4H3. The third kappa shape index (κ3) is 3.07. The predicted octanol–water partition coefficient (Wildman–Crippen LogP) is 2.43. The van der Waals surface area contributed by atoms with Gasteiger partial charge in [-0.2, -0.15) is 0 Å². The van der Waals surface area contributed by atoms with E-state index in [1.165, 1.54) is 12.0 Å². The van der Waals surface area contributed by atoms with Crippen molar-refractivity contribution in [2.24, 2.45) is 11.7 Å². The SMILES string of the molecule is COc1cc(OC)cc(C(CN)N2CC(C)CC2C)c1. The van der Waals surface area contributed by atoms with Crippen molar-refractivity contribution in [1.29, 1.82) is 0 Å². The Morgan fingerprint density at radius 1 is 1.20 bits per heavy atom. The third-order valence-corrected chi connectivity index (χ3v) is 4.21. The largest absolute Gasteiger partial charge is 0.497 e. The Hall–Kier alpha value is -1.26. The maximum absolute atomic E-state index is 6.05. The lowest BCUT2D eigenvalue weighted by Gasteiger charge is -2.31. The molecule has 1 aromatic carbocycles. The summed E-state index contributed by atoms with van der Waals surface area (Å²) in [6.45, 7) is 6.29. The summed E-state index contributed by atoms with van der Waals surface area (Å²) in [4.78, 5) is 2.50. The highest BCUT2D eigenvalue weighted by Gasteiger charge is 2.32. The fourth-order valence-electron chi connectivity index (χ4n) is 3.25. The molecule has 20 heavy (non-hydrogen) atoms. The third-order valence-electron chi connectivity index (χ3n) is 4.21. The van der Waals surface area contributed by atoms with E-state index in [4.69, 9.17) is 15.2 Å². The molecule has 1 saturated heterocycles. The normalized spacial score (nSPS) is 24.6. The van der Waals surface area contributed by atoms with Crippen LogP contribution in [0.25, 0.3) is 0 Å². The van der Waals surface area contributed by atoms with E-state index in [1.54, 1.807) is 14.2 Å². The van der Waals surface area contributed by atoms with E-state index in [2.05, 4.69) is 30.9 Å². The number of likely N-dealkylation sites (tertiary alicyclic amines) is 1. The second-order valence-corrected chi connectivity index (χ2v) is 5.78. The second kappa shape index (κ2) is 6.46. The molecule has 4 nitrogen and oxygen atoms in total. The highest BCUT2D eigenvalue weighted by molar-refractivity contribution is 5.40. The topological polar surface area (TPSA) is 47.7 Å². The average molecular weight is 278 g/mol. The van der Waals surface area contributed by atoms with Crippen molar-refractivity contribution >= 4 is 0 Å². The molecule has 1 fully saturated rings. The maximum Gasteiger partial charge on any atom is 0.122 e. The number of hydrogen-bond acceptors (Lipinski definition) is 4. The number of hydrogen-bond donors (Lipinski definition) is 1. The van der Waals surface area contributed by atoms with Gasteiger partial charge in [0.25, 0.3) is 0 Å². The summed E-state index contributed by atoms with van der Waals surface area (Å²) < 4.78 is 10.7. The average Bonchev–Trinajstić information content (AvgIpc) is 2.78. The molecule has 2 rings (SSSR count). The minimum atomic E-state index is 0.221. The lowest BCUT2D eigenvalue weighted by atomic mass is 10.0. The van der Waals surface area contributed by atoms with Crippen LogP contribution in [0.5, 0.6) is 11.5 Å². The van der Waals surface area contributed by atoms with Crippen molar-refractivity contribution in [2.75, 3.05) is 27.3 Å². The molecule has 2 N–H and O–H groups in total. The Kier molecular flexibility index (Phi) is 4.89. The van der Waals surface area contributed by atoms with Gasteiger partial charge >= 0.3 is 0 Å². The molecule has 1 heterocycles. The second-order valence-electron chi connectivity index (χ2n) is 5.78. The molecule has 0 spiro atoms. The van der Waals surface area contributed by atoms with Gasteiger partial charge in [-0.3, -0.25) is 4.90 Å². The summed E-state index contributed by atoms with van der Waals surface area (Å²) in [7, 11) is 3.35. The summed E-state index contributed by atoms with van der Waals surface area (Å²) in [6, 6.07) is 6.81. The van der Waals surface area contributed by atoms with Gasteiger partial charge in [0.15, 0.2) is 0 Å². The van der Waals surface area contributed by atoms with E-state index in [0.29, 0.717) is 12.6 Å². The Morgan fingerprint density at radius 3 is 2.20 bits per heavy atom. The molecular formula is C16H26N2O2. The number of nitrogens with zero attached hydrogens (tertiary/aromatic N) is 1. The molecule has 4 heteroatoms. The Bertz CT molecular complexity index is 428. The predicted molar refractivity (Wildman–Crippen MR) is 81.3 cm³/mol. The van der Waals surface area contributed by atoms with Gasteiger partial charge in [-0.15, -0.1) is 0 Å². The van der Waals surface area contributed by atoms with Gasteiger partial charge in [0.05, 0.1) is 14.2 Å². The molecule has 0 bridgehead atoms. The fraction of sp³-hybridized carbons (Fsp3) is 0.625. The summed E-state index contributed by atoms with van der Waals surface area (Å²) in [6.07, 6.45) is 1.23. The van der Waals surface area contributed by atoms with Crippen molar-refractivity contribution in [3.8, 4) is 11.5 Å². The molecule has 3 unspecified atom stereocenters. The molecule has 112 valence electrons. The van der Waals surface area contributed by atoms with E-state index >= 15 is 0 Å². The lowest BCUT2D eigenvalue weighted by molar-refractivity contribution is 0.191. The summed E-state index contributed by atoms with van der Waals surface area (Å²) >= 11 is 0. The molecule has 1 aromatic rings. The molecule has 0 radical (unpaired) electrons. The van der Waals surface area contributed by atoms with Crippen molar-refractivity contribution in [2.45, 2.75) is 32.4 Å². The Balaban J connectivity index is 2.31. The van der Waals surface area contributed by atoms with Crippen LogP contribution in [0.4, 0.5) is 0 Å². The zero-order valence-corrected chi connectivity index (χ0v) is 12.9. The molecule has 0 aliphatic carbocycles. The fourth-order valence-corrected chi connectivity index (χ4v) is 3.25. The first-order valence-electron chi connectivity index (χ1n) is 7.27. The maximum atomic E-state index is 6.05. The lowest BCUT2D eigenvalue weighted by Crippen LogP contribution is -2.36. The van der Waals surface area contributed by atoms with Gasteiger partial charge in [-0.05, 0) is 37.0 Å². The van der Waals surface area contributed by atoms with Crippen LogP contribution in [0, 0.1) is 5.92 Å². The van der Waals surface area contributed by atoms with Crippen molar-refractivity contribution in [1.82, 2.24) is 4.90 Å². The molecule has 1 aliphatic rings. The molecule has 0 amide bonds. The molecule has 0 aromatic heterocycles. The van der Waals surface area contributed by atoms with Crippen molar-refractivity contribution < 1.29 is 9.47 Å². The van der Waals surface area contributed by atoms with Crippen molar-refractivity contribution in [3.63, 3.8) is 0 Å². The van der Waals surface area contributed by atoms with Crippen LogP contribution < -0.4 is 15.2 Å². The number of ether oxygens (including phenoxy) is 2. The first-order chi connectivity index (χ1) is 9.58. The van der Waals surface area contributed by atoms with E-state index < -0.39 is 0 Å². The molecule has 3 atom stereocenters. The monoisotopic (exact) mass is 278 g/mol. The minimum Gasteiger partial charge on any atom is -0.497 e. The number of rotatable bonds is 5. The van der Waals surface area contributed by atoms with Gasteiger partial charge in [0.1, 0.15) is 11.5 Å². The summed E-state index contributed by atoms with van der Waals surface area (Å²) in [5.74, 6) is 2.36. The highest BCUT2D eigenvalue weighted by atomic mass is 16.5. The summed E-state index contributed by atoms with van der Waals surface area (Å²) in [5, 5.41) is 0. The van der Waals surface area contributed by atoms with Crippen LogP contribution in [0.1, 0.15) is 31.9 Å². The van der Waals surface area contributed by atoms with E-state index in [-0.39, 0.29) is 6.04 Å². The van der Waals surface area contributed by atoms with Gasteiger partial charge in [-0.25, -0.2) is 0 Å². The molecule has 0 saturated carbocycles. The Labute approximate surface area is 121 Å². The van der Waals surface area contributed by atoms with Crippen LogP contribution in [0.2, 0.25) is 0 Å². The van der Waals surface area contributed by atoms with E-state index in [9.17, 15) is 0 Å². The van der Waals surface area contributed by atoms with E-state index in [0.717, 1.165) is 24.0 Å². The highest BCUT2D eigenvalue weighted by Crippen LogP contribution is 2.34. The zero-order chi connectivity index (χ0) is 14.7. The van der Waals surface area contributed by atoms with Gasteiger partial charge in [0.2, 0.25) is 0 Å². The van der Waals surface area contributed by atoms with Crippen LogP contribution in [-0.2, 0) is 0 Å². The van der Waals surface area contributed by atoms with Crippen LogP contribution >= 0.6 is 0 Å². The van der Waals surface area contributed by atoms with Crippen LogP contribution in [0.15, 0.2) is 18.2 Å². The number of methoxy groups -OCH3 is 2. The molecular weight excluding hydrogens is 252 g/mol. The van der Waals surface area contributed by atoms with Crippen molar-refractivity contribution in [3.05, 3.63) is 23.8 Å². The quantitative estimate of drug-likeness (QED) is 0.898.